The molecule has 2 aromatic carbocycles. The Kier molecular flexibility index (Phi) is 5.19. The van der Waals surface area contributed by atoms with Crippen molar-refractivity contribution in [2.24, 2.45) is 0 Å². The minimum absolute atomic E-state index is 0.104. The first-order chi connectivity index (χ1) is 9.79. The lowest BCUT2D eigenvalue weighted by Crippen LogP contribution is -2.27. The maximum atomic E-state index is 13.5. The third kappa shape index (κ3) is 4.12. The van der Waals surface area contributed by atoms with Gasteiger partial charge in [-0.05, 0) is 58.7 Å². The molecule has 2 aromatic rings. The molecule has 0 amide bonds. The van der Waals surface area contributed by atoms with Crippen LogP contribution in [0.25, 0.3) is 0 Å². The van der Waals surface area contributed by atoms with Crippen molar-refractivity contribution in [3.8, 4) is 0 Å². The van der Waals surface area contributed by atoms with Crippen LogP contribution in [0.5, 0.6) is 0 Å². The first kappa shape index (κ1) is 16.6. The van der Waals surface area contributed by atoms with Gasteiger partial charge in [0.2, 0.25) is 10.0 Å². The predicted octanol–water partition coefficient (Wildman–Crippen LogP) is 4.39. The van der Waals surface area contributed by atoms with Gasteiger partial charge in [0.1, 0.15) is 5.82 Å². The summed E-state index contributed by atoms with van der Waals surface area (Å²) in [5.41, 5.74) is 0.819. The van der Waals surface area contributed by atoms with Crippen molar-refractivity contribution in [3.63, 3.8) is 0 Å². The first-order valence-electron chi connectivity index (χ1n) is 6.02. The van der Waals surface area contributed by atoms with E-state index in [2.05, 4.69) is 36.6 Å². The molecule has 0 spiro atoms. The van der Waals surface area contributed by atoms with E-state index in [1.54, 1.807) is 6.92 Å². The van der Waals surface area contributed by atoms with Crippen LogP contribution in [0.1, 0.15) is 18.5 Å². The normalized spacial score (nSPS) is 13.1. The van der Waals surface area contributed by atoms with Crippen LogP contribution in [-0.4, -0.2) is 8.42 Å². The molecule has 7 heteroatoms. The average molecular weight is 437 g/mol. The minimum atomic E-state index is -3.78. The molecule has 0 aliphatic rings. The molecule has 1 N–H and O–H groups in total. The Morgan fingerprint density at radius 1 is 1.10 bits per heavy atom. The molecule has 1 atom stereocenters. The van der Waals surface area contributed by atoms with Crippen LogP contribution in [0.2, 0.25) is 0 Å². The smallest absolute Gasteiger partial charge is 0.207 e. The Hall–Kier alpha value is -0.760. The summed E-state index contributed by atoms with van der Waals surface area (Å²) >= 11 is 6.32. The summed E-state index contributed by atoms with van der Waals surface area (Å²) in [7, 11) is -3.78. The number of nitrogens with one attached hydrogen (secondary N) is 1. The number of hydrogen-bond donors (Lipinski definition) is 1. The molecule has 0 radical (unpaired) electrons. The largest absolute Gasteiger partial charge is 0.241 e. The number of hydrogen-bond acceptors (Lipinski definition) is 2. The lowest BCUT2D eigenvalue weighted by atomic mass is 10.1. The molecule has 0 unspecified atom stereocenters. The Morgan fingerprint density at radius 2 is 1.71 bits per heavy atom. The maximum absolute atomic E-state index is 13.5. The molecule has 2 rings (SSSR count). The fraction of sp³-hybridized carbons (Fsp3) is 0.143. The van der Waals surface area contributed by atoms with E-state index < -0.39 is 21.9 Å². The summed E-state index contributed by atoms with van der Waals surface area (Å²) < 4.78 is 41.6. The van der Waals surface area contributed by atoms with Crippen molar-refractivity contribution in [1.29, 1.82) is 0 Å². The van der Waals surface area contributed by atoms with E-state index >= 15 is 0 Å². The Balaban J connectivity index is 2.24. The van der Waals surface area contributed by atoms with Crippen LogP contribution < -0.4 is 4.72 Å². The summed E-state index contributed by atoms with van der Waals surface area (Å²) in [4.78, 5) is -0.104. The van der Waals surface area contributed by atoms with E-state index in [0.29, 0.717) is 0 Å². The maximum Gasteiger partial charge on any atom is 0.241 e. The van der Waals surface area contributed by atoms with Crippen molar-refractivity contribution in [1.82, 2.24) is 4.72 Å². The van der Waals surface area contributed by atoms with E-state index in [9.17, 15) is 12.8 Å². The van der Waals surface area contributed by atoms with Crippen molar-refractivity contribution in [3.05, 3.63) is 62.8 Å². The minimum Gasteiger partial charge on any atom is -0.207 e. The third-order valence-corrected chi connectivity index (χ3v) is 5.61. The molecule has 0 aliphatic heterocycles. The molecule has 0 aliphatic carbocycles. The van der Waals surface area contributed by atoms with Gasteiger partial charge in [0.25, 0.3) is 0 Å². The predicted molar refractivity (Wildman–Crippen MR) is 87.0 cm³/mol. The van der Waals surface area contributed by atoms with E-state index in [0.717, 1.165) is 16.1 Å². The van der Waals surface area contributed by atoms with Gasteiger partial charge >= 0.3 is 0 Å². The number of benzene rings is 2. The highest BCUT2D eigenvalue weighted by atomic mass is 79.9. The zero-order valence-electron chi connectivity index (χ0n) is 11.0. The Bertz CT molecular complexity index is 748. The quantitative estimate of drug-likeness (QED) is 0.772. The fourth-order valence-corrected chi connectivity index (χ4v) is 3.52. The third-order valence-electron chi connectivity index (χ3n) is 2.90. The lowest BCUT2D eigenvalue weighted by Gasteiger charge is -2.15. The van der Waals surface area contributed by atoms with E-state index in [1.165, 1.54) is 12.1 Å². The van der Waals surface area contributed by atoms with Gasteiger partial charge in [0.15, 0.2) is 0 Å². The SMILES string of the molecule is C[C@H](NS(=O)(=O)c1ccc(Br)c(F)c1)c1ccc(Br)cc1. The van der Waals surface area contributed by atoms with Gasteiger partial charge in [-0.3, -0.25) is 0 Å². The molecule has 0 saturated heterocycles. The van der Waals surface area contributed by atoms with Crippen LogP contribution >= 0.6 is 31.9 Å². The van der Waals surface area contributed by atoms with Crippen LogP contribution in [-0.2, 0) is 10.0 Å². The monoisotopic (exact) mass is 435 g/mol. The van der Waals surface area contributed by atoms with E-state index in [-0.39, 0.29) is 9.37 Å². The van der Waals surface area contributed by atoms with Crippen LogP contribution in [0, 0.1) is 5.82 Å². The molecule has 0 saturated carbocycles. The molecule has 0 heterocycles. The molecular formula is C14H12Br2FNO2S. The highest BCUT2D eigenvalue weighted by Crippen LogP contribution is 2.22. The summed E-state index contributed by atoms with van der Waals surface area (Å²) in [6.45, 7) is 1.73. The van der Waals surface area contributed by atoms with Gasteiger partial charge in [-0.2, -0.15) is 0 Å². The highest BCUT2D eigenvalue weighted by molar-refractivity contribution is 9.10. The summed E-state index contributed by atoms with van der Waals surface area (Å²) in [5, 5.41) is 0. The second-order valence-corrected chi connectivity index (χ2v) is 7.95. The van der Waals surface area contributed by atoms with E-state index in [1.807, 2.05) is 24.3 Å². The average Bonchev–Trinajstić information content (AvgIpc) is 2.42. The summed E-state index contributed by atoms with van der Waals surface area (Å²) in [6, 6.07) is 10.6. The van der Waals surface area contributed by atoms with Crippen molar-refractivity contribution in [2.75, 3.05) is 0 Å². The zero-order valence-corrected chi connectivity index (χ0v) is 15.0. The first-order valence-corrected chi connectivity index (χ1v) is 9.09. The number of sulfonamides is 1. The Morgan fingerprint density at radius 3 is 2.29 bits per heavy atom. The molecule has 0 aromatic heterocycles. The number of rotatable bonds is 4. The van der Waals surface area contributed by atoms with E-state index in [4.69, 9.17) is 0 Å². The molecule has 21 heavy (non-hydrogen) atoms. The molecule has 3 nitrogen and oxygen atoms in total. The van der Waals surface area contributed by atoms with Crippen LogP contribution in [0.3, 0.4) is 0 Å². The molecule has 0 fully saturated rings. The zero-order chi connectivity index (χ0) is 15.6. The number of halogens is 3. The summed E-state index contributed by atoms with van der Waals surface area (Å²) in [6.07, 6.45) is 0. The standard InChI is InChI=1S/C14H12Br2FNO2S/c1-9(10-2-4-11(15)5-3-10)18-21(19,20)12-6-7-13(16)14(17)8-12/h2-9,18H,1H3/t9-/m0/s1. The van der Waals surface area contributed by atoms with Gasteiger partial charge in [-0.25, -0.2) is 17.5 Å². The molecule has 112 valence electrons. The van der Waals surface area contributed by atoms with Crippen molar-refractivity contribution >= 4 is 41.9 Å². The van der Waals surface area contributed by atoms with Crippen LogP contribution in [0.15, 0.2) is 56.3 Å². The topological polar surface area (TPSA) is 46.2 Å². The highest BCUT2D eigenvalue weighted by Gasteiger charge is 2.19. The lowest BCUT2D eigenvalue weighted by molar-refractivity contribution is 0.563. The van der Waals surface area contributed by atoms with Gasteiger partial charge < -0.3 is 0 Å². The molecular weight excluding hydrogens is 425 g/mol. The second-order valence-electron chi connectivity index (χ2n) is 4.47. The Labute approximate surface area is 139 Å². The van der Waals surface area contributed by atoms with Crippen LogP contribution in [0.4, 0.5) is 4.39 Å². The molecule has 0 bridgehead atoms. The fourth-order valence-electron chi connectivity index (χ4n) is 1.76. The van der Waals surface area contributed by atoms with Gasteiger partial charge in [-0.15, -0.1) is 0 Å². The second kappa shape index (κ2) is 6.56. The van der Waals surface area contributed by atoms with Gasteiger partial charge in [-0.1, -0.05) is 28.1 Å². The van der Waals surface area contributed by atoms with Crippen molar-refractivity contribution in [2.45, 2.75) is 17.9 Å². The summed E-state index contributed by atoms with van der Waals surface area (Å²) in [5.74, 6) is -0.617. The van der Waals surface area contributed by atoms with Crippen molar-refractivity contribution < 1.29 is 12.8 Å². The van der Waals surface area contributed by atoms with Gasteiger partial charge in [0, 0.05) is 10.5 Å². The van der Waals surface area contributed by atoms with Gasteiger partial charge in [0.05, 0.1) is 9.37 Å².